The molecule has 1 amide bonds. The normalized spacial score (nSPS) is 26.9. The lowest BCUT2D eigenvalue weighted by atomic mass is 10.0. The first-order valence-corrected chi connectivity index (χ1v) is 6.72. The Morgan fingerprint density at radius 2 is 2.14 bits per heavy atom. The van der Waals surface area contributed by atoms with Crippen molar-refractivity contribution in [1.29, 1.82) is 0 Å². The van der Waals surface area contributed by atoms with Gasteiger partial charge in [0.15, 0.2) is 6.10 Å². The second-order valence-electron chi connectivity index (χ2n) is 6.22. The molecule has 0 radical (unpaired) electrons. The summed E-state index contributed by atoms with van der Waals surface area (Å²) in [7, 11) is 0. The molecular formula is C14H23NO6. The molecule has 2 unspecified atom stereocenters. The van der Waals surface area contributed by atoms with E-state index in [4.69, 9.17) is 14.6 Å². The standard InChI is InChI=1S/C14H23NO6/c1-5-6-14(19)8-15(12(18)21-13(2,3)4)7-10(11(16)17)20-9-14/h5,10,19H,1,6-9H2,2-4H3,(H,16,17). The van der Waals surface area contributed by atoms with Gasteiger partial charge in [0.1, 0.15) is 11.2 Å². The summed E-state index contributed by atoms with van der Waals surface area (Å²) in [5.74, 6) is -1.19. The van der Waals surface area contributed by atoms with Gasteiger partial charge in [0.2, 0.25) is 0 Å². The lowest BCUT2D eigenvalue weighted by Gasteiger charge is -2.31. The van der Waals surface area contributed by atoms with E-state index < -0.39 is 29.4 Å². The maximum Gasteiger partial charge on any atom is 0.410 e. The quantitative estimate of drug-likeness (QED) is 0.755. The van der Waals surface area contributed by atoms with Crippen LogP contribution in [0, 0.1) is 0 Å². The zero-order chi connectivity index (χ0) is 16.3. The Balaban J connectivity index is 2.93. The van der Waals surface area contributed by atoms with Crippen LogP contribution in [0.3, 0.4) is 0 Å². The first-order valence-electron chi connectivity index (χ1n) is 6.72. The van der Waals surface area contributed by atoms with Crippen LogP contribution in [0.2, 0.25) is 0 Å². The Labute approximate surface area is 124 Å². The number of β-amino-alcohol motifs (C(OH)–C–C–N with tert-alkyl or cyclic N) is 1. The first kappa shape index (κ1) is 17.5. The van der Waals surface area contributed by atoms with E-state index in [2.05, 4.69) is 6.58 Å². The van der Waals surface area contributed by atoms with Crippen molar-refractivity contribution in [3.63, 3.8) is 0 Å². The van der Waals surface area contributed by atoms with E-state index in [1.165, 1.54) is 11.0 Å². The maximum atomic E-state index is 12.1. The molecule has 0 aromatic rings. The summed E-state index contributed by atoms with van der Waals surface area (Å²) in [6, 6.07) is 0. The molecule has 1 aliphatic rings. The van der Waals surface area contributed by atoms with Crippen LogP contribution in [-0.4, -0.2) is 64.2 Å². The van der Waals surface area contributed by atoms with Crippen LogP contribution in [0.1, 0.15) is 27.2 Å². The molecule has 1 heterocycles. The van der Waals surface area contributed by atoms with Gasteiger partial charge in [-0.25, -0.2) is 9.59 Å². The van der Waals surface area contributed by atoms with Crippen molar-refractivity contribution < 1.29 is 29.3 Å². The molecule has 0 spiro atoms. The van der Waals surface area contributed by atoms with Crippen molar-refractivity contribution in [2.75, 3.05) is 19.7 Å². The number of carboxylic acid groups (broad SMARTS) is 1. The number of nitrogens with zero attached hydrogens (tertiary/aromatic N) is 1. The van der Waals surface area contributed by atoms with E-state index in [1.807, 2.05) is 0 Å². The summed E-state index contributed by atoms with van der Waals surface area (Å²) in [5.41, 5.74) is -2.08. The van der Waals surface area contributed by atoms with Crippen molar-refractivity contribution in [3.8, 4) is 0 Å². The van der Waals surface area contributed by atoms with E-state index in [9.17, 15) is 14.7 Å². The highest BCUT2D eigenvalue weighted by Gasteiger charge is 2.39. The van der Waals surface area contributed by atoms with Crippen LogP contribution >= 0.6 is 0 Å². The number of rotatable bonds is 3. The van der Waals surface area contributed by atoms with Crippen LogP contribution < -0.4 is 0 Å². The molecule has 0 aromatic heterocycles. The third-order valence-corrected chi connectivity index (χ3v) is 2.88. The molecule has 0 aliphatic carbocycles. The highest BCUT2D eigenvalue weighted by Crippen LogP contribution is 2.21. The average Bonchev–Trinajstić information content (AvgIpc) is 2.47. The van der Waals surface area contributed by atoms with Gasteiger partial charge in [0.25, 0.3) is 0 Å². The number of carbonyl (C=O) groups excluding carboxylic acids is 1. The van der Waals surface area contributed by atoms with E-state index in [0.717, 1.165) is 0 Å². The summed E-state index contributed by atoms with van der Waals surface area (Å²) in [6.45, 7) is 8.25. The molecule has 1 rings (SSSR count). The number of hydrogen-bond donors (Lipinski definition) is 2. The van der Waals surface area contributed by atoms with Gasteiger partial charge in [0, 0.05) is 0 Å². The van der Waals surface area contributed by atoms with E-state index in [-0.39, 0.29) is 26.1 Å². The number of ether oxygens (including phenoxy) is 2. The number of carboxylic acids is 1. The highest BCUT2D eigenvalue weighted by molar-refractivity contribution is 5.75. The van der Waals surface area contributed by atoms with Crippen LogP contribution in [0.15, 0.2) is 12.7 Å². The zero-order valence-electron chi connectivity index (χ0n) is 12.7. The molecule has 1 aliphatic heterocycles. The van der Waals surface area contributed by atoms with Crippen molar-refractivity contribution in [2.45, 2.75) is 44.5 Å². The summed E-state index contributed by atoms with van der Waals surface area (Å²) < 4.78 is 10.4. The molecule has 0 bridgehead atoms. The highest BCUT2D eigenvalue weighted by atomic mass is 16.6. The smallest absolute Gasteiger partial charge is 0.410 e. The predicted octanol–water partition coefficient (Wildman–Crippen LogP) is 1.01. The van der Waals surface area contributed by atoms with Gasteiger partial charge in [-0.3, -0.25) is 0 Å². The molecule has 7 heteroatoms. The molecular weight excluding hydrogens is 278 g/mol. The topological polar surface area (TPSA) is 96.3 Å². The van der Waals surface area contributed by atoms with Crippen LogP contribution in [0.5, 0.6) is 0 Å². The fraction of sp³-hybridized carbons (Fsp3) is 0.714. The van der Waals surface area contributed by atoms with Gasteiger partial charge in [-0.15, -0.1) is 6.58 Å². The fourth-order valence-corrected chi connectivity index (χ4v) is 1.98. The lowest BCUT2D eigenvalue weighted by Crippen LogP contribution is -2.48. The fourth-order valence-electron chi connectivity index (χ4n) is 1.98. The van der Waals surface area contributed by atoms with Gasteiger partial charge in [0.05, 0.1) is 19.7 Å². The Hall–Kier alpha value is -1.60. The van der Waals surface area contributed by atoms with E-state index in [0.29, 0.717) is 0 Å². The lowest BCUT2D eigenvalue weighted by molar-refractivity contribution is -0.152. The van der Waals surface area contributed by atoms with Crippen molar-refractivity contribution in [1.82, 2.24) is 4.90 Å². The minimum absolute atomic E-state index is 0.0717. The second-order valence-corrected chi connectivity index (χ2v) is 6.22. The van der Waals surface area contributed by atoms with Crippen molar-refractivity contribution in [3.05, 3.63) is 12.7 Å². The largest absolute Gasteiger partial charge is 0.479 e. The Morgan fingerprint density at radius 3 is 2.62 bits per heavy atom. The molecule has 21 heavy (non-hydrogen) atoms. The van der Waals surface area contributed by atoms with Gasteiger partial charge in [-0.05, 0) is 27.2 Å². The van der Waals surface area contributed by atoms with Gasteiger partial charge < -0.3 is 24.6 Å². The van der Waals surface area contributed by atoms with E-state index >= 15 is 0 Å². The Bertz CT molecular complexity index is 416. The molecule has 1 fully saturated rings. The van der Waals surface area contributed by atoms with Gasteiger partial charge in [-0.1, -0.05) is 6.08 Å². The van der Waals surface area contributed by atoms with Crippen molar-refractivity contribution in [2.24, 2.45) is 0 Å². The third-order valence-electron chi connectivity index (χ3n) is 2.88. The molecule has 1 saturated heterocycles. The Morgan fingerprint density at radius 1 is 1.52 bits per heavy atom. The number of aliphatic carboxylic acids is 1. The van der Waals surface area contributed by atoms with Gasteiger partial charge in [-0.2, -0.15) is 0 Å². The number of hydrogen-bond acceptors (Lipinski definition) is 5. The molecule has 120 valence electrons. The monoisotopic (exact) mass is 301 g/mol. The third kappa shape index (κ3) is 5.35. The predicted molar refractivity (Wildman–Crippen MR) is 74.9 cm³/mol. The average molecular weight is 301 g/mol. The molecule has 2 N–H and O–H groups in total. The van der Waals surface area contributed by atoms with Gasteiger partial charge >= 0.3 is 12.1 Å². The SMILES string of the molecule is C=CCC1(O)COC(C(=O)O)CN(C(=O)OC(C)(C)C)C1. The minimum Gasteiger partial charge on any atom is -0.479 e. The van der Waals surface area contributed by atoms with Crippen molar-refractivity contribution >= 4 is 12.1 Å². The minimum atomic E-state index is -1.37. The summed E-state index contributed by atoms with van der Waals surface area (Å²) >= 11 is 0. The molecule has 2 atom stereocenters. The number of carbonyl (C=O) groups is 2. The Kier molecular flexibility index (Phi) is 5.36. The molecule has 0 aromatic carbocycles. The van der Waals surface area contributed by atoms with Crippen LogP contribution in [-0.2, 0) is 14.3 Å². The first-order chi connectivity index (χ1) is 9.56. The molecule has 7 nitrogen and oxygen atoms in total. The van der Waals surface area contributed by atoms with E-state index in [1.54, 1.807) is 20.8 Å². The number of aliphatic hydroxyl groups is 1. The summed E-state index contributed by atoms with van der Waals surface area (Å²) in [5, 5.41) is 19.5. The zero-order valence-corrected chi connectivity index (χ0v) is 12.7. The van der Waals surface area contributed by atoms with Crippen LogP contribution in [0.4, 0.5) is 4.79 Å². The molecule has 0 saturated carbocycles. The number of amides is 1. The maximum absolute atomic E-state index is 12.1. The summed E-state index contributed by atoms with van der Waals surface area (Å²) in [6.07, 6.45) is -0.200. The summed E-state index contributed by atoms with van der Waals surface area (Å²) in [4.78, 5) is 24.4. The second kappa shape index (κ2) is 6.44. The van der Waals surface area contributed by atoms with Crippen LogP contribution in [0.25, 0.3) is 0 Å².